The first-order valence-electron chi connectivity index (χ1n) is 8.73. The summed E-state index contributed by atoms with van der Waals surface area (Å²) in [6, 6.07) is 10.6. The highest BCUT2D eigenvalue weighted by molar-refractivity contribution is 5.83. The number of aromatic amines is 1. The molecule has 3 heterocycles. The van der Waals surface area contributed by atoms with Gasteiger partial charge in [0.2, 0.25) is 0 Å². The molecule has 0 spiro atoms. The molecule has 4 rings (SSSR count). The SMILES string of the molecule is CN=C(NCCc1c[nH]c2cc(F)ccc12)NCc1nnc2ccccn12. The average molecular weight is 365 g/mol. The summed E-state index contributed by atoms with van der Waals surface area (Å²) in [4.78, 5) is 7.35. The van der Waals surface area contributed by atoms with E-state index < -0.39 is 0 Å². The Labute approximate surface area is 155 Å². The van der Waals surface area contributed by atoms with E-state index in [4.69, 9.17) is 0 Å². The van der Waals surface area contributed by atoms with Gasteiger partial charge in [0.15, 0.2) is 17.4 Å². The van der Waals surface area contributed by atoms with Crippen LogP contribution in [0.1, 0.15) is 11.4 Å². The number of guanidine groups is 1. The van der Waals surface area contributed by atoms with Gasteiger partial charge in [-0.05, 0) is 42.3 Å². The Hall–Kier alpha value is -3.42. The number of hydrogen-bond donors (Lipinski definition) is 3. The van der Waals surface area contributed by atoms with Crippen molar-refractivity contribution in [3.8, 4) is 0 Å². The largest absolute Gasteiger partial charge is 0.361 e. The highest BCUT2D eigenvalue weighted by atomic mass is 19.1. The van der Waals surface area contributed by atoms with Gasteiger partial charge >= 0.3 is 0 Å². The first-order chi connectivity index (χ1) is 13.2. The molecule has 0 atom stereocenters. The number of rotatable bonds is 5. The van der Waals surface area contributed by atoms with Gasteiger partial charge < -0.3 is 15.6 Å². The first-order valence-corrected chi connectivity index (χ1v) is 8.73. The third-order valence-electron chi connectivity index (χ3n) is 4.44. The predicted molar refractivity (Wildman–Crippen MR) is 103 cm³/mol. The summed E-state index contributed by atoms with van der Waals surface area (Å²) in [5.41, 5.74) is 2.76. The quantitative estimate of drug-likeness (QED) is 0.374. The van der Waals surface area contributed by atoms with Crippen LogP contribution >= 0.6 is 0 Å². The van der Waals surface area contributed by atoms with Gasteiger partial charge in [0.1, 0.15) is 5.82 Å². The maximum absolute atomic E-state index is 13.3. The van der Waals surface area contributed by atoms with Gasteiger partial charge in [0.25, 0.3) is 0 Å². The highest BCUT2D eigenvalue weighted by Gasteiger charge is 2.07. The lowest BCUT2D eigenvalue weighted by molar-refractivity contribution is 0.629. The van der Waals surface area contributed by atoms with Crippen molar-refractivity contribution in [2.75, 3.05) is 13.6 Å². The van der Waals surface area contributed by atoms with Gasteiger partial charge in [0, 0.05) is 36.9 Å². The molecule has 4 aromatic rings. The molecule has 0 amide bonds. The molecule has 8 heteroatoms. The normalized spacial score (nSPS) is 12.0. The van der Waals surface area contributed by atoms with E-state index in [0.29, 0.717) is 19.0 Å². The number of aliphatic imine (C=N–C) groups is 1. The summed E-state index contributed by atoms with van der Waals surface area (Å²) < 4.78 is 15.2. The minimum Gasteiger partial charge on any atom is -0.361 e. The fourth-order valence-electron chi connectivity index (χ4n) is 3.08. The van der Waals surface area contributed by atoms with Gasteiger partial charge in [-0.3, -0.25) is 9.39 Å². The summed E-state index contributed by atoms with van der Waals surface area (Å²) in [6.07, 6.45) is 4.65. The van der Waals surface area contributed by atoms with E-state index in [1.807, 2.05) is 35.0 Å². The van der Waals surface area contributed by atoms with Crippen LogP contribution in [0.25, 0.3) is 16.6 Å². The number of pyridine rings is 1. The molecule has 0 saturated heterocycles. The Morgan fingerprint density at radius 3 is 3.04 bits per heavy atom. The summed E-state index contributed by atoms with van der Waals surface area (Å²) in [5, 5.41) is 15.9. The van der Waals surface area contributed by atoms with Crippen LogP contribution in [0, 0.1) is 5.82 Å². The number of nitrogens with zero attached hydrogens (tertiary/aromatic N) is 4. The number of H-pyrrole nitrogens is 1. The van der Waals surface area contributed by atoms with Crippen molar-refractivity contribution >= 4 is 22.5 Å². The topological polar surface area (TPSA) is 82.4 Å². The molecule has 0 unspecified atom stereocenters. The monoisotopic (exact) mass is 365 g/mol. The van der Waals surface area contributed by atoms with E-state index in [1.165, 1.54) is 12.1 Å². The molecule has 0 aliphatic heterocycles. The third kappa shape index (κ3) is 3.59. The number of benzene rings is 1. The molecule has 3 aromatic heterocycles. The molecule has 3 N–H and O–H groups in total. The van der Waals surface area contributed by atoms with Gasteiger partial charge in [-0.1, -0.05) is 6.07 Å². The van der Waals surface area contributed by atoms with Crippen molar-refractivity contribution in [1.29, 1.82) is 0 Å². The van der Waals surface area contributed by atoms with E-state index in [9.17, 15) is 4.39 Å². The molecule has 1 aromatic carbocycles. The number of fused-ring (bicyclic) bond motifs is 2. The van der Waals surface area contributed by atoms with Gasteiger partial charge in [-0.2, -0.15) is 0 Å². The highest BCUT2D eigenvalue weighted by Crippen LogP contribution is 2.19. The van der Waals surface area contributed by atoms with Crippen molar-refractivity contribution < 1.29 is 4.39 Å². The van der Waals surface area contributed by atoms with Crippen LogP contribution in [0.5, 0.6) is 0 Å². The van der Waals surface area contributed by atoms with Crippen LogP contribution in [0.4, 0.5) is 4.39 Å². The maximum atomic E-state index is 13.3. The lowest BCUT2D eigenvalue weighted by Crippen LogP contribution is -2.38. The molecule has 0 radical (unpaired) electrons. The Morgan fingerprint density at radius 2 is 2.15 bits per heavy atom. The van der Waals surface area contributed by atoms with Crippen LogP contribution in [0.2, 0.25) is 0 Å². The molecular formula is C19H20FN7. The second-order valence-corrected chi connectivity index (χ2v) is 6.15. The van der Waals surface area contributed by atoms with E-state index in [0.717, 1.165) is 34.4 Å². The van der Waals surface area contributed by atoms with Gasteiger partial charge in [0.05, 0.1) is 6.54 Å². The number of halogens is 1. The van der Waals surface area contributed by atoms with E-state index in [-0.39, 0.29) is 5.82 Å². The third-order valence-corrected chi connectivity index (χ3v) is 4.44. The van der Waals surface area contributed by atoms with Crippen LogP contribution in [-0.2, 0) is 13.0 Å². The fourth-order valence-corrected chi connectivity index (χ4v) is 3.08. The Balaban J connectivity index is 1.34. The van der Waals surface area contributed by atoms with Crippen LogP contribution < -0.4 is 10.6 Å². The number of nitrogens with one attached hydrogen (secondary N) is 3. The van der Waals surface area contributed by atoms with Crippen molar-refractivity contribution in [2.45, 2.75) is 13.0 Å². The first kappa shape index (κ1) is 17.0. The standard InChI is InChI=1S/C19H20FN7/c1-21-19(24-12-18-26-25-17-4-2-3-9-27(17)18)22-8-7-13-11-23-16-10-14(20)5-6-15(13)16/h2-6,9-11,23H,7-8,12H2,1H3,(H2,21,22,24). The fraction of sp³-hybridized carbons (Fsp3) is 0.211. The van der Waals surface area contributed by atoms with Crippen LogP contribution in [-0.4, -0.2) is 39.1 Å². The molecule has 138 valence electrons. The van der Waals surface area contributed by atoms with Gasteiger partial charge in [-0.25, -0.2) is 4.39 Å². The minimum atomic E-state index is -0.236. The Kier molecular flexibility index (Phi) is 4.69. The molecular weight excluding hydrogens is 345 g/mol. The summed E-state index contributed by atoms with van der Waals surface area (Å²) >= 11 is 0. The molecule has 0 aliphatic rings. The van der Waals surface area contributed by atoms with Crippen molar-refractivity contribution in [1.82, 2.24) is 30.2 Å². The lowest BCUT2D eigenvalue weighted by atomic mass is 10.1. The zero-order chi connectivity index (χ0) is 18.6. The summed E-state index contributed by atoms with van der Waals surface area (Å²) in [6.45, 7) is 1.21. The van der Waals surface area contributed by atoms with E-state index >= 15 is 0 Å². The lowest BCUT2D eigenvalue weighted by Gasteiger charge is -2.11. The second-order valence-electron chi connectivity index (χ2n) is 6.15. The van der Waals surface area contributed by atoms with E-state index in [1.54, 1.807) is 13.1 Å². The van der Waals surface area contributed by atoms with Crippen LogP contribution in [0.15, 0.2) is 53.8 Å². The van der Waals surface area contributed by atoms with Crippen molar-refractivity contribution in [3.05, 3.63) is 66.0 Å². The molecule has 7 nitrogen and oxygen atoms in total. The van der Waals surface area contributed by atoms with Crippen LogP contribution in [0.3, 0.4) is 0 Å². The summed E-state index contributed by atoms with van der Waals surface area (Å²) in [5.74, 6) is 1.26. The molecule has 27 heavy (non-hydrogen) atoms. The summed E-state index contributed by atoms with van der Waals surface area (Å²) in [7, 11) is 1.73. The Bertz CT molecular complexity index is 1100. The molecule has 0 aliphatic carbocycles. The molecule has 0 saturated carbocycles. The number of aromatic nitrogens is 4. The second kappa shape index (κ2) is 7.45. The van der Waals surface area contributed by atoms with E-state index in [2.05, 4.69) is 30.8 Å². The minimum absolute atomic E-state index is 0.236. The zero-order valence-electron chi connectivity index (χ0n) is 14.9. The zero-order valence-corrected chi connectivity index (χ0v) is 14.9. The average Bonchev–Trinajstić information content (AvgIpc) is 3.28. The maximum Gasteiger partial charge on any atom is 0.191 e. The predicted octanol–water partition coefficient (Wildman–Crippen LogP) is 2.26. The van der Waals surface area contributed by atoms with Gasteiger partial charge in [-0.15, -0.1) is 10.2 Å². The Morgan fingerprint density at radius 1 is 1.22 bits per heavy atom. The van der Waals surface area contributed by atoms with Crippen molar-refractivity contribution in [3.63, 3.8) is 0 Å². The molecule has 0 fully saturated rings. The molecule has 0 bridgehead atoms. The smallest absolute Gasteiger partial charge is 0.191 e. The van der Waals surface area contributed by atoms with Crippen molar-refractivity contribution in [2.24, 2.45) is 4.99 Å². The number of hydrogen-bond acceptors (Lipinski definition) is 3.